The SMILES string of the molecule is CC(C)n1nccc1C(=O)NC1CCN(Cc2cccc(F)c2)CC1. The molecule has 25 heavy (non-hydrogen) atoms. The molecule has 3 rings (SSSR count). The van der Waals surface area contributed by atoms with Crippen molar-refractivity contribution in [3.05, 3.63) is 53.6 Å². The third-order valence-electron chi connectivity index (χ3n) is 4.61. The fourth-order valence-electron chi connectivity index (χ4n) is 3.29. The Morgan fingerprint density at radius 1 is 1.32 bits per heavy atom. The van der Waals surface area contributed by atoms with Gasteiger partial charge in [0.1, 0.15) is 11.5 Å². The maximum Gasteiger partial charge on any atom is 0.269 e. The summed E-state index contributed by atoms with van der Waals surface area (Å²) in [7, 11) is 0. The van der Waals surface area contributed by atoms with Crippen LogP contribution >= 0.6 is 0 Å². The van der Waals surface area contributed by atoms with Gasteiger partial charge in [0.2, 0.25) is 0 Å². The summed E-state index contributed by atoms with van der Waals surface area (Å²) in [5, 5.41) is 7.34. The van der Waals surface area contributed by atoms with Crippen LogP contribution in [0.25, 0.3) is 0 Å². The number of likely N-dealkylation sites (tertiary alicyclic amines) is 1. The Morgan fingerprint density at radius 3 is 2.76 bits per heavy atom. The molecule has 1 aromatic heterocycles. The van der Waals surface area contributed by atoms with Gasteiger partial charge in [0.25, 0.3) is 5.91 Å². The summed E-state index contributed by atoms with van der Waals surface area (Å²) in [6.45, 7) is 6.55. The van der Waals surface area contributed by atoms with E-state index in [1.54, 1.807) is 29.1 Å². The maximum atomic E-state index is 13.3. The third kappa shape index (κ3) is 4.45. The molecule has 0 atom stereocenters. The largest absolute Gasteiger partial charge is 0.348 e. The van der Waals surface area contributed by atoms with Gasteiger partial charge in [0.05, 0.1) is 0 Å². The Morgan fingerprint density at radius 2 is 2.08 bits per heavy atom. The van der Waals surface area contributed by atoms with Crippen molar-refractivity contribution in [3.8, 4) is 0 Å². The van der Waals surface area contributed by atoms with Gasteiger partial charge in [-0.05, 0) is 50.5 Å². The first-order valence-corrected chi connectivity index (χ1v) is 8.84. The number of benzene rings is 1. The summed E-state index contributed by atoms with van der Waals surface area (Å²) in [4.78, 5) is 14.8. The van der Waals surface area contributed by atoms with Crippen LogP contribution in [0.2, 0.25) is 0 Å². The van der Waals surface area contributed by atoms with Gasteiger partial charge in [-0.25, -0.2) is 4.39 Å². The number of nitrogens with zero attached hydrogens (tertiary/aromatic N) is 3. The van der Waals surface area contributed by atoms with Gasteiger partial charge in [-0.3, -0.25) is 14.4 Å². The van der Waals surface area contributed by atoms with Gasteiger partial charge in [0, 0.05) is 37.9 Å². The minimum absolute atomic E-state index is 0.0604. The molecule has 1 aromatic carbocycles. The van der Waals surface area contributed by atoms with Gasteiger partial charge in [-0.15, -0.1) is 0 Å². The van der Waals surface area contributed by atoms with Crippen LogP contribution in [-0.4, -0.2) is 39.7 Å². The van der Waals surface area contributed by atoms with Gasteiger partial charge >= 0.3 is 0 Å². The molecule has 1 amide bonds. The van der Waals surface area contributed by atoms with Crippen molar-refractivity contribution in [2.45, 2.75) is 45.3 Å². The molecule has 1 fully saturated rings. The average molecular weight is 344 g/mol. The van der Waals surface area contributed by atoms with E-state index in [0.29, 0.717) is 5.69 Å². The van der Waals surface area contributed by atoms with Crippen LogP contribution in [-0.2, 0) is 6.54 Å². The lowest BCUT2D eigenvalue weighted by Gasteiger charge is -2.32. The molecule has 0 saturated carbocycles. The number of amides is 1. The quantitative estimate of drug-likeness (QED) is 0.907. The standard InChI is InChI=1S/C19H25FN4O/c1-14(2)24-18(6-9-21-24)19(25)22-17-7-10-23(11-8-17)13-15-4-3-5-16(20)12-15/h3-6,9,12,14,17H,7-8,10-11,13H2,1-2H3,(H,22,25). The molecule has 5 nitrogen and oxygen atoms in total. The molecule has 134 valence electrons. The van der Waals surface area contributed by atoms with Crippen LogP contribution in [0.5, 0.6) is 0 Å². The van der Waals surface area contributed by atoms with Crippen LogP contribution in [0.3, 0.4) is 0 Å². The van der Waals surface area contributed by atoms with E-state index in [-0.39, 0.29) is 23.8 Å². The van der Waals surface area contributed by atoms with Crippen molar-refractivity contribution in [1.29, 1.82) is 0 Å². The smallest absolute Gasteiger partial charge is 0.269 e. The van der Waals surface area contributed by atoms with Crippen LogP contribution in [0.4, 0.5) is 4.39 Å². The minimum Gasteiger partial charge on any atom is -0.348 e. The first kappa shape index (κ1) is 17.6. The van der Waals surface area contributed by atoms with E-state index in [9.17, 15) is 9.18 Å². The lowest BCUT2D eigenvalue weighted by atomic mass is 10.0. The van der Waals surface area contributed by atoms with Crippen LogP contribution < -0.4 is 5.32 Å². The number of piperidine rings is 1. The molecule has 0 spiro atoms. The first-order chi connectivity index (χ1) is 12.0. The van der Waals surface area contributed by atoms with Crippen molar-refractivity contribution >= 4 is 5.91 Å². The zero-order valence-electron chi connectivity index (χ0n) is 14.8. The Labute approximate surface area is 147 Å². The minimum atomic E-state index is -0.193. The summed E-state index contributed by atoms with van der Waals surface area (Å²) >= 11 is 0. The summed E-state index contributed by atoms with van der Waals surface area (Å²) in [6.07, 6.45) is 3.46. The number of carbonyl (C=O) groups excluding carboxylic acids is 1. The maximum absolute atomic E-state index is 13.3. The Balaban J connectivity index is 1.51. The number of carbonyl (C=O) groups is 1. The second-order valence-electron chi connectivity index (χ2n) is 6.91. The van der Waals surface area contributed by atoms with Crippen molar-refractivity contribution in [2.75, 3.05) is 13.1 Å². The predicted molar refractivity (Wildman–Crippen MR) is 94.8 cm³/mol. The highest BCUT2D eigenvalue weighted by Crippen LogP contribution is 2.16. The van der Waals surface area contributed by atoms with Gasteiger partial charge < -0.3 is 5.32 Å². The van der Waals surface area contributed by atoms with E-state index in [1.807, 2.05) is 19.9 Å². The topological polar surface area (TPSA) is 50.2 Å². The number of halogens is 1. The van der Waals surface area contributed by atoms with Crippen molar-refractivity contribution in [3.63, 3.8) is 0 Å². The molecule has 1 saturated heterocycles. The Bertz CT molecular complexity index is 720. The predicted octanol–water partition coefficient (Wildman–Crippen LogP) is 3.00. The zero-order chi connectivity index (χ0) is 17.8. The lowest BCUT2D eigenvalue weighted by Crippen LogP contribution is -2.44. The summed E-state index contributed by atoms with van der Waals surface area (Å²) in [5.74, 6) is -0.254. The van der Waals surface area contributed by atoms with Gasteiger partial charge in [-0.2, -0.15) is 5.10 Å². The monoisotopic (exact) mass is 344 g/mol. The molecule has 0 unspecified atom stereocenters. The molecule has 2 heterocycles. The average Bonchev–Trinajstić information content (AvgIpc) is 3.07. The zero-order valence-corrected chi connectivity index (χ0v) is 14.8. The van der Waals surface area contributed by atoms with E-state index < -0.39 is 0 Å². The van der Waals surface area contributed by atoms with Crippen LogP contribution in [0.1, 0.15) is 48.8 Å². The van der Waals surface area contributed by atoms with Crippen LogP contribution in [0.15, 0.2) is 36.5 Å². The molecule has 2 aromatic rings. The third-order valence-corrected chi connectivity index (χ3v) is 4.61. The number of nitrogens with one attached hydrogen (secondary N) is 1. The summed E-state index contributed by atoms with van der Waals surface area (Å²) in [5.41, 5.74) is 1.60. The molecule has 1 aliphatic rings. The van der Waals surface area contributed by atoms with Gasteiger partial charge in [-0.1, -0.05) is 12.1 Å². The highest BCUT2D eigenvalue weighted by Gasteiger charge is 2.23. The highest BCUT2D eigenvalue weighted by atomic mass is 19.1. The van der Waals surface area contributed by atoms with Crippen molar-refractivity contribution < 1.29 is 9.18 Å². The lowest BCUT2D eigenvalue weighted by molar-refractivity contribution is 0.0896. The molecular weight excluding hydrogens is 319 g/mol. The molecule has 0 radical (unpaired) electrons. The molecule has 1 N–H and O–H groups in total. The van der Waals surface area contributed by atoms with E-state index in [4.69, 9.17) is 0 Å². The first-order valence-electron chi connectivity index (χ1n) is 8.84. The summed E-state index contributed by atoms with van der Waals surface area (Å²) < 4.78 is 15.0. The number of rotatable bonds is 5. The second-order valence-corrected chi connectivity index (χ2v) is 6.91. The molecule has 6 heteroatoms. The van der Waals surface area contributed by atoms with Crippen molar-refractivity contribution in [2.24, 2.45) is 0 Å². The number of aromatic nitrogens is 2. The van der Waals surface area contributed by atoms with E-state index >= 15 is 0 Å². The normalized spacial score (nSPS) is 16.3. The molecule has 0 bridgehead atoms. The van der Waals surface area contributed by atoms with Crippen LogP contribution in [0, 0.1) is 5.82 Å². The molecule has 0 aliphatic carbocycles. The highest BCUT2D eigenvalue weighted by molar-refractivity contribution is 5.92. The van der Waals surface area contributed by atoms with Gasteiger partial charge in [0.15, 0.2) is 0 Å². The van der Waals surface area contributed by atoms with E-state index in [0.717, 1.165) is 38.0 Å². The second kappa shape index (κ2) is 7.78. The van der Waals surface area contributed by atoms with Crippen molar-refractivity contribution in [1.82, 2.24) is 20.0 Å². The number of hydrogen-bond acceptors (Lipinski definition) is 3. The van der Waals surface area contributed by atoms with E-state index in [1.165, 1.54) is 6.07 Å². The summed E-state index contributed by atoms with van der Waals surface area (Å²) in [6, 6.07) is 8.83. The Kier molecular flexibility index (Phi) is 5.48. The Hall–Kier alpha value is -2.21. The fourth-order valence-corrected chi connectivity index (χ4v) is 3.29. The fraction of sp³-hybridized carbons (Fsp3) is 0.474. The van der Waals surface area contributed by atoms with E-state index in [2.05, 4.69) is 15.3 Å². The number of hydrogen-bond donors (Lipinski definition) is 1. The molecule has 1 aliphatic heterocycles. The molecular formula is C19H25FN4O.